The smallest absolute Gasteiger partial charge is 0.270 e. The molecule has 0 N–H and O–H groups in total. The monoisotopic (exact) mass is 291 g/mol. The predicted octanol–water partition coefficient (Wildman–Crippen LogP) is 3.63. The van der Waals surface area contributed by atoms with Crippen LogP contribution in [0.4, 0.5) is 10.1 Å². The molecule has 0 radical (unpaired) electrons. The fourth-order valence-corrected chi connectivity index (χ4v) is 1.82. The maximum atomic E-state index is 13.4. The molecule has 2 aromatic rings. The van der Waals surface area contributed by atoms with Crippen LogP contribution in [-0.4, -0.2) is 12.0 Å². The molecule has 0 heterocycles. The molecule has 2 rings (SSSR count). The number of benzene rings is 2. The Morgan fingerprint density at radius 2 is 2.00 bits per heavy atom. The summed E-state index contributed by atoms with van der Waals surface area (Å²) in [5.74, 6) is 0.471. The Bertz CT molecular complexity index is 673. The third-order valence-corrected chi connectivity index (χ3v) is 3.01. The lowest BCUT2D eigenvalue weighted by Gasteiger charge is -2.10. The van der Waals surface area contributed by atoms with Gasteiger partial charge in [0.05, 0.1) is 12.0 Å². The first-order chi connectivity index (χ1) is 10.0. The number of non-ortho nitro benzene ring substituents is 1. The number of ether oxygens (including phenoxy) is 2. The maximum Gasteiger partial charge on any atom is 0.270 e. The van der Waals surface area contributed by atoms with Gasteiger partial charge in [-0.2, -0.15) is 0 Å². The summed E-state index contributed by atoms with van der Waals surface area (Å²) in [6.45, 7) is 1.70. The quantitative estimate of drug-likeness (QED) is 0.623. The zero-order chi connectivity index (χ0) is 15.4. The number of nitrogens with zero attached hydrogens (tertiary/aromatic N) is 1. The normalized spacial score (nSPS) is 10.2. The highest BCUT2D eigenvalue weighted by molar-refractivity contribution is 5.43. The number of hydrogen-bond acceptors (Lipinski definition) is 4. The van der Waals surface area contributed by atoms with Gasteiger partial charge in [0.15, 0.2) is 0 Å². The zero-order valence-corrected chi connectivity index (χ0v) is 11.6. The zero-order valence-electron chi connectivity index (χ0n) is 11.6. The number of nitro benzene ring substituents is 1. The topological polar surface area (TPSA) is 61.6 Å². The molecule has 0 saturated heterocycles. The van der Waals surface area contributed by atoms with E-state index in [0.717, 1.165) is 0 Å². The van der Waals surface area contributed by atoms with Gasteiger partial charge in [-0.15, -0.1) is 0 Å². The Balaban J connectivity index is 2.19. The van der Waals surface area contributed by atoms with Crippen molar-refractivity contribution in [2.45, 2.75) is 13.5 Å². The first-order valence-electron chi connectivity index (χ1n) is 6.21. The van der Waals surface area contributed by atoms with Crippen molar-refractivity contribution in [2.75, 3.05) is 7.11 Å². The van der Waals surface area contributed by atoms with E-state index in [1.165, 1.54) is 31.4 Å². The molecule has 0 aromatic heterocycles. The van der Waals surface area contributed by atoms with E-state index < -0.39 is 4.92 Å². The Hall–Kier alpha value is -2.63. The van der Waals surface area contributed by atoms with Crippen LogP contribution in [0.5, 0.6) is 11.5 Å². The van der Waals surface area contributed by atoms with Crippen molar-refractivity contribution in [3.63, 3.8) is 0 Å². The van der Waals surface area contributed by atoms with Crippen LogP contribution in [0, 0.1) is 22.9 Å². The molecule has 0 aliphatic rings. The van der Waals surface area contributed by atoms with E-state index in [4.69, 9.17) is 9.47 Å². The van der Waals surface area contributed by atoms with Crippen molar-refractivity contribution in [3.8, 4) is 11.5 Å². The molecule has 0 atom stereocenters. The molecule has 21 heavy (non-hydrogen) atoms. The molecule has 0 aliphatic heterocycles. The van der Waals surface area contributed by atoms with Crippen LogP contribution >= 0.6 is 0 Å². The van der Waals surface area contributed by atoms with Gasteiger partial charge in [0, 0.05) is 23.8 Å². The fraction of sp³-hybridized carbons (Fsp3) is 0.200. The van der Waals surface area contributed by atoms with Crippen LogP contribution in [0.2, 0.25) is 0 Å². The molecule has 0 fully saturated rings. The number of aryl methyl sites for hydroxylation is 1. The van der Waals surface area contributed by atoms with E-state index in [1.807, 2.05) is 0 Å². The van der Waals surface area contributed by atoms with Crippen LogP contribution in [0.3, 0.4) is 0 Å². The number of rotatable bonds is 5. The molecule has 110 valence electrons. The third-order valence-electron chi connectivity index (χ3n) is 3.01. The maximum absolute atomic E-state index is 13.4. The van der Waals surface area contributed by atoms with Gasteiger partial charge in [-0.25, -0.2) is 4.39 Å². The van der Waals surface area contributed by atoms with Gasteiger partial charge in [0.1, 0.15) is 23.9 Å². The number of halogens is 1. The van der Waals surface area contributed by atoms with Gasteiger partial charge in [-0.1, -0.05) is 6.07 Å². The first-order valence-corrected chi connectivity index (χ1v) is 6.21. The Morgan fingerprint density at radius 3 is 2.62 bits per heavy atom. The lowest BCUT2D eigenvalue weighted by Crippen LogP contribution is -2.00. The van der Waals surface area contributed by atoms with E-state index in [9.17, 15) is 14.5 Å². The lowest BCUT2D eigenvalue weighted by atomic mass is 10.2. The Morgan fingerprint density at radius 1 is 1.24 bits per heavy atom. The highest BCUT2D eigenvalue weighted by atomic mass is 19.1. The second kappa shape index (κ2) is 6.21. The summed E-state index contributed by atoms with van der Waals surface area (Å²) in [4.78, 5) is 10.3. The van der Waals surface area contributed by atoms with Crippen LogP contribution in [0.1, 0.15) is 11.1 Å². The minimum Gasteiger partial charge on any atom is -0.496 e. The molecule has 0 aliphatic carbocycles. The molecule has 2 aromatic carbocycles. The Labute approximate surface area is 121 Å². The summed E-state index contributed by atoms with van der Waals surface area (Å²) in [7, 11) is 1.47. The standard InChI is InChI=1S/C15H14FNO4/c1-10-3-5-13(8-14(10)16)21-9-11-7-12(17(18)19)4-6-15(11)20-2/h3-8H,9H2,1-2H3. The van der Waals surface area contributed by atoms with Crippen LogP contribution < -0.4 is 9.47 Å². The molecular weight excluding hydrogens is 277 g/mol. The van der Waals surface area contributed by atoms with E-state index in [0.29, 0.717) is 22.6 Å². The number of nitro groups is 1. The van der Waals surface area contributed by atoms with Gasteiger partial charge in [0.25, 0.3) is 5.69 Å². The van der Waals surface area contributed by atoms with Crippen molar-refractivity contribution in [1.82, 2.24) is 0 Å². The van der Waals surface area contributed by atoms with Crippen molar-refractivity contribution < 1.29 is 18.8 Å². The van der Waals surface area contributed by atoms with Gasteiger partial charge < -0.3 is 9.47 Å². The molecule has 0 saturated carbocycles. The van der Waals surface area contributed by atoms with E-state index in [-0.39, 0.29) is 18.1 Å². The first kappa shape index (κ1) is 14.8. The molecular formula is C15H14FNO4. The lowest BCUT2D eigenvalue weighted by molar-refractivity contribution is -0.385. The molecule has 6 heteroatoms. The average Bonchev–Trinajstić information content (AvgIpc) is 2.48. The van der Waals surface area contributed by atoms with Crippen molar-refractivity contribution in [2.24, 2.45) is 0 Å². The van der Waals surface area contributed by atoms with E-state index in [1.54, 1.807) is 19.1 Å². The molecule has 0 amide bonds. The summed E-state index contributed by atoms with van der Waals surface area (Å²) in [6, 6.07) is 8.76. The fourth-order valence-electron chi connectivity index (χ4n) is 1.82. The van der Waals surface area contributed by atoms with Gasteiger partial charge in [-0.3, -0.25) is 10.1 Å². The summed E-state index contributed by atoms with van der Waals surface area (Å²) in [5.41, 5.74) is 0.993. The van der Waals surface area contributed by atoms with Gasteiger partial charge >= 0.3 is 0 Å². The summed E-state index contributed by atoms with van der Waals surface area (Å²) >= 11 is 0. The number of methoxy groups -OCH3 is 1. The SMILES string of the molecule is COc1ccc([N+](=O)[O-])cc1COc1ccc(C)c(F)c1. The largest absolute Gasteiger partial charge is 0.496 e. The summed E-state index contributed by atoms with van der Waals surface area (Å²) in [6.07, 6.45) is 0. The predicted molar refractivity (Wildman–Crippen MR) is 75.1 cm³/mol. The third kappa shape index (κ3) is 3.47. The van der Waals surface area contributed by atoms with Crippen molar-refractivity contribution >= 4 is 5.69 Å². The van der Waals surface area contributed by atoms with Crippen molar-refractivity contribution in [3.05, 3.63) is 63.5 Å². The Kier molecular flexibility index (Phi) is 4.37. The van der Waals surface area contributed by atoms with E-state index in [2.05, 4.69) is 0 Å². The van der Waals surface area contributed by atoms with Gasteiger partial charge in [0.2, 0.25) is 0 Å². The summed E-state index contributed by atoms with van der Waals surface area (Å²) in [5, 5.41) is 10.8. The van der Waals surface area contributed by atoms with Crippen molar-refractivity contribution in [1.29, 1.82) is 0 Å². The van der Waals surface area contributed by atoms with Crippen LogP contribution in [0.25, 0.3) is 0 Å². The highest BCUT2D eigenvalue weighted by Gasteiger charge is 2.12. The van der Waals surface area contributed by atoms with Gasteiger partial charge in [-0.05, 0) is 24.6 Å². The second-order valence-electron chi connectivity index (χ2n) is 4.45. The molecule has 0 unspecified atom stereocenters. The number of hydrogen-bond donors (Lipinski definition) is 0. The van der Waals surface area contributed by atoms with Crippen LogP contribution in [-0.2, 0) is 6.61 Å². The molecule has 0 bridgehead atoms. The minimum atomic E-state index is -0.492. The molecule has 0 spiro atoms. The highest BCUT2D eigenvalue weighted by Crippen LogP contribution is 2.26. The molecule has 5 nitrogen and oxygen atoms in total. The van der Waals surface area contributed by atoms with E-state index >= 15 is 0 Å². The van der Waals surface area contributed by atoms with Crippen LogP contribution in [0.15, 0.2) is 36.4 Å². The average molecular weight is 291 g/mol. The summed E-state index contributed by atoms with van der Waals surface area (Å²) < 4.78 is 24.0. The minimum absolute atomic E-state index is 0.0490. The second-order valence-corrected chi connectivity index (χ2v) is 4.45.